The van der Waals surface area contributed by atoms with E-state index in [1.165, 1.54) is 7.11 Å². The van der Waals surface area contributed by atoms with Gasteiger partial charge in [0.05, 0.1) is 12.7 Å². The Bertz CT molecular complexity index is 410. The quantitative estimate of drug-likeness (QED) is 0.901. The third-order valence-corrected chi connectivity index (χ3v) is 4.80. The molecule has 0 amide bonds. The van der Waals surface area contributed by atoms with Gasteiger partial charge in [0.15, 0.2) is 11.6 Å². The van der Waals surface area contributed by atoms with Crippen LogP contribution >= 0.6 is 11.8 Å². The molecule has 17 heavy (non-hydrogen) atoms. The maximum atomic E-state index is 14.0. The number of aliphatic hydroxyl groups is 1. The van der Waals surface area contributed by atoms with E-state index in [1.807, 2.05) is 6.92 Å². The Morgan fingerprint density at radius 1 is 1.59 bits per heavy atom. The van der Waals surface area contributed by atoms with Crippen molar-refractivity contribution in [3.05, 3.63) is 29.6 Å². The summed E-state index contributed by atoms with van der Waals surface area (Å²) >= 11 is 1.74. The molecule has 0 aliphatic carbocycles. The van der Waals surface area contributed by atoms with Crippen molar-refractivity contribution in [1.82, 2.24) is 0 Å². The summed E-state index contributed by atoms with van der Waals surface area (Å²) in [6.45, 7) is 2.00. The van der Waals surface area contributed by atoms with Crippen LogP contribution in [0.2, 0.25) is 0 Å². The summed E-state index contributed by atoms with van der Waals surface area (Å²) in [5, 5.41) is 10.6. The predicted octanol–water partition coefficient (Wildman–Crippen LogP) is 2.63. The molecule has 2 atom stereocenters. The van der Waals surface area contributed by atoms with Gasteiger partial charge in [-0.05, 0) is 23.8 Å². The van der Waals surface area contributed by atoms with Gasteiger partial charge in [0.1, 0.15) is 0 Å². The summed E-state index contributed by atoms with van der Waals surface area (Å²) in [5.41, 5.74) is -0.265. The Balaban J connectivity index is 2.24. The maximum absolute atomic E-state index is 14.0. The van der Waals surface area contributed by atoms with E-state index in [0.29, 0.717) is 12.0 Å². The summed E-state index contributed by atoms with van der Waals surface area (Å²) in [4.78, 5) is 0. The highest BCUT2D eigenvalue weighted by atomic mass is 32.2. The number of rotatable bonds is 3. The minimum Gasteiger partial charge on any atom is -0.494 e. The smallest absolute Gasteiger partial charge is 0.168 e. The summed E-state index contributed by atoms with van der Waals surface area (Å²) in [7, 11) is 1.45. The van der Waals surface area contributed by atoms with Crippen LogP contribution in [0, 0.1) is 5.82 Å². The number of ether oxygens (including phenoxy) is 1. The average molecular weight is 256 g/mol. The van der Waals surface area contributed by atoms with E-state index in [-0.39, 0.29) is 16.8 Å². The van der Waals surface area contributed by atoms with Crippen LogP contribution in [0.5, 0.6) is 5.75 Å². The standard InChI is InChI=1S/C13H17FO2S/c1-9-13(15,6-7-17-9)8-10-4-3-5-11(16-2)12(10)14/h3-5,9,15H,6-8H2,1-2H3. The Labute approximate surface area is 105 Å². The topological polar surface area (TPSA) is 29.5 Å². The second kappa shape index (κ2) is 4.86. The van der Waals surface area contributed by atoms with Crippen LogP contribution in [-0.2, 0) is 6.42 Å². The number of thioether (sulfide) groups is 1. The van der Waals surface area contributed by atoms with Crippen LogP contribution < -0.4 is 4.74 Å². The highest BCUT2D eigenvalue weighted by Gasteiger charge is 2.39. The Hall–Kier alpha value is -0.740. The van der Waals surface area contributed by atoms with Gasteiger partial charge in [-0.2, -0.15) is 11.8 Å². The van der Waals surface area contributed by atoms with Gasteiger partial charge in [-0.3, -0.25) is 0 Å². The normalized spacial score (nSPS) is 28.4. The van der Waals surface area contributed by atoms with Crippen LogP contribution in [-0.4, -0.2) is 28.8 Å². The van der Waals surface area contributed by atoms with Crippen molar-refractivity contribution in [1.29, 1.82) is 0 Å². The highest BCUT2D eigenvalue weighted by Crippen LogP contribution is 2.38. The third kappa shape index (κ3) is 2.43. The lowest BCUT2D eigenvalue weighted by Crippen LogP contribution is -2.37. The van der Waals surface area contributed by atoms with Gasteiger partial charge in [0.2, 0.25) is 0 Å². The van der Waals surface area contributed by atoms with E-state index in [0.717, 1.165) is 12.2 Å². The molecular formula is C13H17FO2S. The first-order valence-electron chi connectivity index (χ1n) is 5.72. The molecule has 2 nitrogen and oxygen atoms in total. The van der Waals surface area contributed by atoms with Crippen LogP contribution in [0.15, 0.2) is 18.2 Å². The van der Waals surface area contributed by atoms with E-state index in [2.05, 4.69) is 0 Å². The molecule has 4 heteroatoms. The zero-order valence-corrected chi connectivity index (χ0v) is 10.9. The van der Waals surface area contributed by atoms with Crippen molar-refractivity contribution < 1.29 is 14.2 Å². The number of benzene rings is 1. The largest absolute Gasteiger partial charge is 0.494 e. The minimum absolute atomic E-state index is 0.146. The zero-order valence-electron chi connectivity index (χ0n) is 10.1. The monoisotopic (exact) mass is 256 g/mol. The molecule has 0 aromatic heterocycles. The average Bonchev–Trinajstić information content (AvgIpc) is 2.62. The maximum Gasteiger partial charge on any atom is 0.168 e. The van der Waals surface area contributed by atoms with E-state index >= 15 is 0 Å². The zero-order chi connectivity index (χ0) is 12.5. The van der Waals surface area contributed by atoms with Gasteiger partial charge in [0.25, 0.3) is 0 Å². The fraction of sp³-hybridized carbons (Fsp3) is 0.538. The Morgan fingerprint density at radius 2 is 2.35 bits per heavy atom. The van der Waals surface area contributed by atoms with Gasteiger partial charge in [0, 0.05) is 11.7 Å². The lowest BCUT2D eigenvalue weighted by Gasteiger charge is -2.27. The van der Waals surface area contributed by atoms with E-state index in [9.17, 15) is 9.50 Å². The van der Waals surface area contributed by atoms with E-state index < -0.39 is 5.60 Å². The molecule has 1 heterocycles. The summed E-state index contributed by atoms with van der Waals surface area (Å²) in [5.74, 6) is 0.820. The molecule has 2 unspecified atom stereocenters. The molecule has 1 fully saturated rings. The lowest BCUT2D eigenvalue weighted by atomic mass is 9.89. The fourth-order valence-corrected chi connectivity index (χ4v) is 3.52. The molecule has 0 spiro atoms. The molecule has 1 aliphatic heterocycles. The van der Waals surface area contributed by atoms with Gasteiger partial charge in [-0.25, -0.2) is 4.39 Å². The highest BCUT2D eigenvalue weighted by molar-refractivity contribution is 8.00. The first-order chi connectivity index (χ1) is 8.07. The van der Waals surface area contributed by atoms with Crippen molar-refractivity contribution >= 4 is 11.8 Å². The fourth-order valence-electron chi connectivity index (χ4n) is 2.18. The number of halogens is 1. The van der Waals surface area contributed by atoms with Crippen LogP contribution in [0.3, 0.4) is 0 Å². The Morgan fingerprint density at radius 3 is 2.94 bits per heavy atom. The van der Waals surface area contributed by atoms with Gasteiger partial charge >= 0.3 is 0 Å². The van der Waals surface area contributed by atoms with Crippen molar-refractivity contribution in [2.75, 3.05) is 12.9 Å². The molecule has 2 rings (SSSR count). The number of methoxy groups -OCH3 is 1. The molecule has 0 bridgehead atoms. The second-order valence-electron chi connectivity index (χ2n) is 4.48. The first kappa shape index (κ1) is 12.7. The first-order valence-corrected chi connectivity index (χ1v) is 6.77. The predicted molar refractivity (Wildman–Crippen MR) is 68.1 cm³/mol. The molecule has 0 saturated carbocycles. The molecule has 1 aromatic rings. The van der Waals surface area contributed by atoms with Crippen LogP contribution in [0.4, 0.5) is 4.39 Å². The lowest BCUT2D eigenvalue weighted by molar-refractivity contribution is 0.0455. The second-order valence-corrected chi connectivity index (χ2v) is 5.93. The Kier molecular flexibility index (Phi) is 3.64. The third-order valence-electron chi connectivity index (χ3n) is 3.42. The van der Waals surface area contributed by atoms with Crippen molar-refractivity contribution in [2.24, 2.45) is 0 Å². The van der Waals surface area contributed by atoms with Crippen molar-refractivity contribution in [3.63, 3.8) is 0 Å². The molecule has 1 aliphatic rings. The summed E-state index contributed by atoms with van der Waals surface area (Å²) < 4.78 is 18.9. The minimum atomic E-state index is -0.794. The number of hydrogen-bond acceptors (Lipinski definition) is 3. The number of hydrogen-bond donors (Lipinski definition) is 1. The van der Waals surface area contributed by atoms with Crippen molar-refractivity contribution in [2.45, 2.75) is 30.6 Å². The molecule has 1 saturated heterocycles. The SMILES string of the molecule is COc1cccc(CC2(O)CCSC2C)c1F. The summed E-state index contributed by atoms with van der Waals surface area (Å²) in [6, 6.07) is 5.06. The summed E-state index contributed by atoms with van der Waals surface area (Å²) in [6.07, 6.45) is 1.07. The molecular weight excluding hydrogens is 239 g/mol. The van der Waals surface area contributed by atoms with Crippen LogP contribution in [0.1, 0.15) is 18.9 Å². The molecule has 0 radical (unpaired) electrons. The molecule has 1 aromatic carbocycles. The van der Waals surface area contributed by atoms with Gasteiger partial charge < -0.3 is 9.84 Å². The van der Waals surface area contributed by atoms with E-state index in [4.69, 9.17) is 4.74 Å². The van der Waals surface area contributed by atoms with Gasteiger partial charge in [-0.1, -0.05) is 19.1 Å². The van der Waals surface area contributed by atoms with E-state index in [1.54, 1.807) is 30.0 Å². The molecule has 1 N–H and O–H groups in total. The molecule has 94 valence electrons. The van der Waals surface area contributed by atoms with Gasteiger partial charge in [-0.15, -0.1) is 0 Å². The van der Waals surface area contributed by atoms with Crippen LogP contribution in [0.25, 0.3) is 0 Å². The van der Waals surface area contributed by atoms with Crippen molar-refractivity contribution in [3.8, 4) is 5.75 Å².